The van der Waals surface area contributed by atoms with E-state index in [9.17, 15) is 9.18 Å². The van der Waals surface area contributed by atoms with Crippen LogP contribution >= 0.6 is 0 Å². The first-order valence-electron chi connectivity index (χ1n) is 10.5. The van der Waals surface area contributed by atoms with Gasteiger partial charge in [-0.05, 0) is 20.3 Å². The van der Waals surface area contributed by atoms with Crippen LogP contribution in [0.4, 0.5) is 16.0 Å². The molecule has 1 N–H and O–H groups in total. The predicted octanol–water partition coefficient (Wildman–Crippen LogP) is 1.87. The summed E-state index contributed by atoms with van der Waals surface area (Å²) in [5, 5.41) is 2.78. The zero-order chi connectivity index (χ0) is 21.5. The van der Waals surface area contributed by atoms with Crippen LogP contribution in [0.5, 0.6) is 0 Å². The van der Waals surface area contributed by atoms with Crippen molar-refractivity contribution >= 4 is 23.2 Å². The van der Waals surface area contributed by atoms with Crippen LogP contribution in [0.1, 0.15) is 28.3 Å². The Hall–Kier alpha value is -3.14. The molecule has 162 valence electrons. The molecule has 5 heterocycles. The summed E-state index contributed by atoms with van der Waals surface area (Å²) in [6.45, 7) is 7.85. The molecule has 2 fully saturated rings. The van der Waals surface area contributed by atoms with E-state index >= 15 is 0 Å². The fourth-order valence-corrected chi connectivity index (χ4v) is 4.30. The first-order chi connectivity index (χ1) is 14.9. The fourth-order valence-electron chi connectivity index (χ4n) is 4.30. The van der Waals surface area contributed by atoms with Gasteiger partial charge in [0.15, 0.2) is 5.65 Å². The Morgan fingerprint density at radius 2 is 2.00 bits per heavy atom. The van der Waals surface area contributed by atoms with Crippen LogP contribution in [-0.2, 0) is 0 Å². The zero-order valence-electron chi connectivity index (χ0n) is 17.6. The van der Waals surface area contributed by atoms with Crippen LogP contribution in [0, 0.1) is 19.8 Å². The van der Waals surface area contributed by atoms with E-state index in [0.717, 1.165) is 49.0 Å². The maximum atomic E-state index is 13.3. The van der Waals surface area contributed by atoms with E-state index in [2.05, 4.69) is 35.1 Å². The van der Waals surface area contributed by atoms with Gasteiger partial charge >= 0.3 is 0 Å². The van der Waals surface area contributed by atoms with E-state index < -0.39 is 6.17 Å². The van der Waals surface area contributed by atoms with Gasteiger partial charge in [0.2, 0.25) is 0 Å². The Morgan fingerprint density at radius 1 is 1.16 bits per heavy atom. The number of likely N-dealkylation sites (tertiary alicyclic amines) is 1. The second-order valence-electron chi connectivity index (χ2n) is 8.46. The fraction of sp³-hybridized carbons (Fsp3) is 0.476. The smallest absolute Gasteiger partial charge is 0.277 e. The van der Waals surface area contributed by atoms with Gasteiger partial charge in [0, 0.05) is 44.8 Å². The van der Waals surface area contributed by atoms with Crippen molar-refractivity contribution in [2.24, 2.45) is 5.92 Å². The molecule has 3 aromatic rings. The second-order valence-corrected chi connectivity index (χ2v) is 8.46. The number of hydrogen-bond donors (Lipinski definition) is 1. The molecular formula is C21H25FN8O. The number of alkyl halides is 1. The van der Waals surface area contributed by atoms with Gasteiger partial charge in [-0.15, -0.1) is 0 Å². The molecule has 5 rings (SSSR count). The van der Waals surface area contributed by atoms with Crippen LogP contribution in [0.25, 0.3) is 5.65 Å². The van der Waals surface area contributed by atoms with Gasteiger partial charge in [0.05, 0.1) is 30.0 Å². The maximum Gasteiger partial charge on any atom is 0.277 e. The number of imidazole rings is 1. The van der Waals surface area contributed by atoms with Gasteiger partial charge in [0.25, 0.3) is 5.91 Å². The Balaban J connectivity index is 1.18. The minimum Gasteiger partial charge on any atom is -0.355 e. The van der Waals surface area contributed by atoms with Crippen molar-refractivity contribution in [3.63, 3.8) is 0 Å². The van der Waals surface area contributed by atoms with Crippen molar-refractivity contribution in [3.8, 4) is 0 Å². The van der Waals surface area contributed by atoms with Crippen LogP contribution in [0.2, 0.25) is 0 Å². The third kappa shape index (κ3) is 4.07. The average molecular weight is 424 g/mol. The number of amides is 1. The molecule has 2 aliphatic heterocycles. The highest BCUT2D eigenvalue weighted by atomic mass is 19.1. The first kappa shape index (κ1) is 19.8. The number of aromatic nitrogens is 5. The molecular weight excluding hydrogens is 399 g/mol. The molecule has 1 amide bonds. The molecule has 3 aromatic heterocycles. The lowest BCUT2D eigenvalue weighted by Gasteiger charge is -2.41. The Bertz CT molecular complexity index is 1110. The molecule has 10 heteroatoms. The minimum absolute atomic E-state index is 0.230. The Kier molecular flexibility index (Phi) is 5.01. The summed E-state index contributed by atoms with van der Waals surface area (Å²) >= 11 is 0. The molecule has 1 unspecified atom stereocenters. The van der Waals surface area contributed by atoms with E-state index in [-0.39, 0.29) is 11.6 Å². The van der Waals surface area contributed by atoms with E-state index in [1.165, 1.54) is 6.20 Å². The molecule has 2 aliphatic rings. The molecule has 0 radical (unpaired) electrons. The molecule has 0 spiro atoms. The number of carbonyl (C=O) groups excluding carboxylic acids is 1. The summed E-state index contributed by atoms with van der Waals surface area (Å²) in [5.41, 5.74) is 2.61. The van der Waals surface area contributed by atoms with E-state index in [0.29, 0.717) is 24.7 Å². The van der Waals surface area contributed by atoms with Crippen molar-refractivity contribution in [3.05, 3.63) is 41.9 Å². The molecule has 0 bridgehead atoms. The predicted molar refractivity (Wildman–Crippen MR) is 114 cm³/mol. The maximum absolute atomic E-state index is 13.3. The number of carbonyl (C=O) groups is 1. The lowest BCUT2D eigenvalue weighted by atomic mass is 10.00. The van der Waals surface area contributed by atoms with Crippen LogP contribution in [0.3, 0.4) is 0 Å². The standard InChI is InChI=1S/C21H25FN8O/c1-13-7-30-12-18(26-14(2)20(30)25-13)27-21(31)17-5-24-19(6-23-17)29-9-15(10-29)8-28-4-3-16(22)11-28/h5-7,12,15-16H,3-4,8-11H2,1-2H3,(H,27,31). The summed E-state index contributed by atoms with van der Waals surface area (Å²) in [6, 6.07) is 0. The molecule has 31 heavy (non-hydrogen) atoms. The molecule has 0 aliphatic carbocycles. The molecule has 0 saturated carbocycles. The number of fused-ring (bicyclic) bond motifs is 1. The highest BCUT2D eigenvalue weighted by Gasteiger charge is 2.32. The lowest BCUT2D eigenvalue weighted by molar-refractivity contribution is 0.102. The summed E-state index contributed by atoms with van der Waals surface area (Å²) in [6.07, 6.45) is 6.70. The van der Waals surface area contributed by atoms with E-state index in [1.54, 1.807) is 12.4 Å². The van der Waals surface area contributed by atoms with Crippen LogP contribution < -0.4 is 10.2 Å². The van der Waals surface area contributed by atoms with Crippen molar-refractivity contribution in [1.82, 2.24) is 29.2 Å². The molecule has 2 saturated heterocycles. The van der Waals surface area contributed by atoms with Crippen molar-refractivity contribution in [1.29, 1.82) is 0 Å². The quantitative estimate of drug-likeness (QED) is 0.669. The highest BCUT2D eigenvalue weighted by molar-refractivity contribution is 6.02. The number of nitrogens with one attached hydrogen (secondary N) is 1. The third-order valence-electron chi connectivity index (χ3n) is 5.85. The second kappa shape index (κ2) is 7.84. The lowest BCUT2D eigenvalue weighted by Crippen LogP contribution is -2.51. The van der Waals surface area contributed by atoms with E-state index in [4.69, 9.17) is 0 Å². The summed E-state index contributed by atoms with van der Waals surface area (Å²) < 4.78 is 15.2. The molecule has 0 aromatic carbocycles. The van der Waals surface area contributed by atoms with Gasteiger partial charge in [-0.3, -0.25) is 9.69 Å². The van der Waals surface area contributed by atoms with Gasteiger partial charge in [-0.1, -0.05) is 0 Å². The summed E-state index contributed by atoms with van der Waals surface area (Å²) in [4.78, 5) is 34.4. The van der Waals surface area contributed by atoms with Crippen molar-refractivity contribution in [2.45, 2.75) is 26.4 Å². The number of hydrogen-bond acceptors (Lipinski definition) is 7. The third-order valence-corrected chi connectivity index (χ3v) is 5.85. The van der Waals surface area contributed by atoms with Gasteiger partial charge < -0.3 is 14.6 Å². The number of halogens is 1. The monoisotopic (exact) mass is 424 g/mol. The zero-order valence-corrected chi connectivity index (χ0v) is 17.6. The minimum atomic E-state index is -0.675. The molecule has 1 atom stereocenters. The first-order valence-corrected chi connectivity index (χ1v) is 10.5. The summed E-state index contributed by atoms with van der Waals surface area (Å²) in [7, 11) is 0. The molecule has 9 nitrogen and oxygen atoms in total. The van der Waals surface area contributed by atoms with Crippen molar-refractivity contribution < 1.29 is 9.18 Å². The number of anilines is 2. The van der Waals surface area contributed by atoms with Crippen molar-refractivity contribution in [2.75, 3.05) is 42.9 Å². The van der Waals surface area contributed by atoms with Crippen LogP contribution in [-0.4, -0.2) is 74.0 Å². The number of nitrogens with zero attached hydrogens (tertiary/aromatic N) is 7. The normalized spacial score (nSPS) is 19.7. The van der Waals surface area contributed by atoms with Gasteiger partial charge in [0.1, 0.15) is 23.5 Å². The van der Waals surface area contributed by atoms with E-state index in [1.807, 2.05) is 24.4 Å². The highest BCUT2D eigenvalue weighted by Crippen LogP contribution is 2.24. The van der Waals surface area contributed by atoms with Gasteiger partial charge in [-0.25, -0.2) is 24.3 Å². The summed E-state index contributed by atoms with van der Waals surface area (Å²) in [5.74, 6) is 1.34. The largest absolute Gasteiger partial charge is 0.355 e. The average Bonchev–Trinajstić information content (AvgIpc) is 3.29. The van der Waals surface area contributed by atoms with Crippen LogP contribution in [0.15, 0.2) is 24.8 Å². The number of rotatable bonds is 5. The SMILES string of the molecule is Cc1cn2cc(NC(=O)c3cnc(N4CC(CN5CCC(F)C5)C4)cn3)nc(C)c2n1. The number of aryl methyl sites for hydroxylation is 2. The topological polar surface area (TPSA) is 91.6 Å². The van der Waals surface area contributed by atoms with Gasteiger partial charge in [-0.2, -0.15) is 0 Å². The Morgan fingerprint density at radius 3 is 2.71 bits per heavy atom. The Labute approximate surface area is 179 Å².